The van der Waals surface area contributed by atoms with Crippen LogP contribution < -0.4 is 15.8 Å². The van der Waals surface area contributed by atoms with Crippen molar-refractivity contribution in [2.45, 2.75) is 38.8 Å². The second kappa shape index (κ2) is 6.52. The highest BCUT2D eigenvalue weighted by atomic mass is 19.1. The number of hydrogen-bond donors (Lipinski definition) is 2. The van der Waals surface area contributed by atoms with Gasteiger partial charge in [-0.15, -0.1) is 0 Å². The smallest absolute Gasteiger partial charge is 0.240 e. The van der Waals surface area contributed by atoms with E-state index in [9.17, 15) is 9.18 Å². The standard InChI is InChI=1S/C14H21FN2O2/c1-4-5-14(2,16)13(18)17-9-10-6-11(15)8-12(7-10)19-3/h6-8H,4-5,9,16H2,1-3H3,(H,17,18). The summed E-state index contributed by atoms with van der Waals surface area (Å²) in [6, 6.07) is 4.32. The highest BCUT2D eigenvalue weighted by Crippen LogP contribution is 2.16. The number of nitrogens with one attached hydrogen (secondary N) is 1. The van der Waals surface area contributed by atoms with Crippen molar-refractivity contribution in [2.24, 2.45) is 5.73 Å². The summed E-state index contributed by atoms with van der Waals surface area (Å²) in [6.07, 6.45) is 1.43. The minimum atomic E-state index is -0.897. The molecule has 0 radical (unpaired) electrons. The van der Waals surface area contributed by atoms with Crippen molar-refractivity contribution in [3.63, 3.8) is 0 Å². The van der Waals surface area contributed by atoms with Gasteiger partial charge < -0.3 is 15.8 Å². The van der Waals surface area contributed by atoms with Gasteiger partial charge >= 0.3 is 0 Å². The van der Waals surface area contributed by atoms with Gasteiger partial charge in [0.25, 0.3) is 0 Å². The predicted octanol–water partition coefficient (Wildman–Crippen LogP) is 1.97. The number of benzene rings is 1. The first kappa shape index (κ1) is 15.4. The predicted molar refractivity (Wildman–Crippen MR) is 72.3 cm³/mol. The van der Waals surface area contributed by atoms with Crippen LogP contribution in [0.1, 0.15) is 32.3 Å². The number of rotatable bonds is 6. The van der Waals surface area contributed by atoms with Crippen LogP contribution in [0, 0.1) is 5.82 Å². The van der Waals surface area contributed by atoms with Gasteiger partial charge in [0.1, 0.15) is 11.6 Å². The number of amides is 1. The molecular weight excluding hydrogens is 247 g/mol. The van der Waals surface area contributed by atoms with Crippen molar-refractivity contribution in [3.05, 3.63) is 29.6 Å². The quantitative estimate of drug-likeness (QED) is 0.829. The Morgan fingerprint density at radius 2 is 2.16 bits per heavy atom. The van der Waals surface area contributed by atoms with E-state index in [0.29, 0.717) is 17.7 Å². The second-order valence-electron chi connectivity index (χ2n) is 4.85. The maximum atomic E-state index is 13.3. The van der Waals surface area contributed by atoms with Crippen LogP contribution in [0.2, 0.25) is 0 Å². The first-order valence-electron chi connectivity index (χ1n) is 6.29. The highest BCUT2D eigenvalue weighted by Gasteiger charge is 2.26. The molecule has 19 heavy (non-hydrogen) atoms. The van der Waals surface area contributed by atoms with E-state index in [0.717, 1.165) is 6.42 Å². The van der Waals surface area contributed by atoms with Crippen LogP contribution in [0.15, 0.2) is 18.2 Å². The van der Waals surface area contributed by atoms with Crippen molar-refractivity contribution < 1.29 is 13.9 Å². The Morgan fingerprint density at radius 3 is 2.74 bits per heavy atom. The summed E-state index contributed by atoms with van der Waals surface area (Å²) >= 11 is 0. The zero-order valence-electron chi connectivity index (χ0n) is 11.6. The van der Waals surface area contributed by atoms with Crippen LogP contribution in [-0.4, -0.2) is 18.6 Å². The Labute approximate surface area is 113 Å². The van der Waals surface area contributed by atoms with E-state index in [1.165, 1.54) is 19.2 Å². The summed E-state index contributed by atoms with van der Waals surface area (Å²) in [6.45, 7) is 3.89. The van der Waals surface area contributed by atoms with Crippen LogP contribution in [0.3, 0.4) is 0 Å². The number of carbonyl (C=O) groups excluding carboxylic acids is 1. The number of ether oxygens (including phenoxy) is 1. The zero-order chi connectivity index (χ0) is 14.5. The van der Waals surface area contributed by atoms with Crippen LogP contribution in [-0.2, 0) is 11.3 Å². The molecule has 1 atom stereocenters. The lowest BCUT2D eigenvalue weighted by Crippen LogP contribution is -2.51. The maximum Gasteiger partial charge on any atom is 0.240 e. The molecule has 0 heterocycles. The van der Waals surface area contributed by atoms with E-state index in [-0.39, 0.29) is 12.5 Å². The van der Waals surface area contributed by atoms with Gasteiger partial charge in [0, 0.05) is 12.6 Å². The molecule has 0 aliphatic carbocycles. The van der Waals surface area contributed by atoms with Crippen molar-refractivity contribution in [3.8, 4) is 5.75 Å². The Kier molecular flexibility index (Phi) is 5.30. The van der Waals surface area contributed by atoms with Gasteiger partial charge in [0.15, 0.2) is 0 Å². The third kappa shape index (κ3) is 4.52. The third-order valence-electron chi connectivity index (χ3n) is 2.91. The van der Waals surface area contributed by atoms with Gasteiger partial charge in [-0.2, -0.15) is 0 Å². The summed E-state index contributed by atoms with van der Waals surface area (Å²) in [5, 5.41) is 2.72. The fraction of sp³-hybridized carbons (Fsp3) is 0.500. The first-order chi connectivity index (χ1) is 8.89. The van der Waals surface area contributed by atoms with Gasteiger partial charge in [-0.3, -0.25) is 4.79 Å². The van der Waals surface area contributed by atoms with Crippen LogP contribution in [0.4, 0.5) is 4.39 Å². The minimum absolute atomic E-state index is 0.226. The first-order valence-corrected chi connectivity index (χ1v) is 6.29. The number of methoxy groups -OCH3 is 1. The molecule has 0 spiro atoms. The average molecular weight is 268 g/mol. The maximum absolute atomic E-state index is 13.3. The van der Waals surface area contributed by atoms with Crippen LogP contribution in [0.5, 0.6) is 5.75 Å². The van der Waals surface area contributed by atoms with Crippen molar-refractivity contribution in [1.29, 1.82) is 0 Å². The fourth-order valence-corrected chi connectivity index (χ4v) is 1.86. The fourth-order valence-electron chi connectivity index (χ4n) is 1.86. The Bertz CT molecular complexity index is 447. The molecule has 1 aromatic rings. The van der Waals surface area contributed by atoms with E-state index in [2.05, 4.69) is 5.32 Å². The molecule has 106 valence electrons. The lowest BCUT2D eigenvalue weighted by atomic mass is 9.96. The number of hydrogen-bond acceptors (Lipinski definition) is 3. The van der Waals surface area contributed by atoms with E-state index in [4.69, 9.17) is 10.5 Å². The Hall–Kier alpha value is -1.62. The molecule has 1 unspecified atom stereocenters. The monoisotopic (exact) mass is 268 g/mol. The third-order valence-corrected chi connectivity index (χ3v) is 2.91. The Balaban J connectivity index is 2.66. The van der Waals surface area contributed by atoms with Crippen molar-refractivity contribution >= 4 is 5.91 Å². The minimum Gasteiger partial charge on any atom is -0.497 e. The summed E-state index contributed by atoms with van der Waals surface area (Å²) in [7, 11) is 1.47. The van der Waals surface area contributed by atoms with E-state index < -0.39 is 11.4 Å². The van der Waals surface area contributed by atoms with Crippen LogP contribution in [0.25, 0.3) is 0 Å². The lowest BCUT2D eigenvalue weighted by Gasteiger charge is -2.22. The van der Waals surface area contributed by atoms with Crippen LogP contribution >= 0.6 is 0 Å². The highest BCUT2D eigenvalue weighted by molar-refractivity contribution is 5.85. The topological polar surface area (TPSA) is 64.4 Å². The average Bonchev–Trinajstić information content (AvgIpc) is 2.35. The molecule has 1 rings (SSSR count). The Morgan fingerprint density at radius 1 is 1.47 bits per heavy atom. The molecule has 0 aliphatic rings. The van der Waals surface area contributed by atoms with Gasteiger partial charge in [-0.1, -0.05) is 13.3 Å². The normalized spacial score (nSPS) is 13.7. The van der Waals surface area contributed by atoms with E-state index >= 15 is 0 Å². The summed E-state index contributed by atoms with van der Waals surface area (Å²) in [4.78, 5) is 11.9. The molecule has 3 N–H and O–H groups in total. The van der Waals surface area contributed by atoms with Gasteiger partial charge in [-0.05, 0) is 31.0 Å². The largest absolute Gasteiger partial charge is 0.497 e. The molecular formula is C14H21FN2O2. The summed E-state index contributed by atoms with van der Waals surface area (Å²) < 4.78 is 18.2. The van der Waals surface area contributed by atoms with Gasteiger partial charge in [0.05, 0.1) is 12.6 Å². The molecule has 1 aromatic carbocycles. The van der Waals surface area contributed by atoms with E-state index in [1.54, 1.807) is 13.0 Å². The van der Waals surface area contributed by atoms with Crippen molar-refractivity contribution in [1.82, 2.24) is 5.32 Å². The SMILES string of the molecule is CCCC(C)(N)C(=O)NCc1cc(F)cc(OC)c1. The molecule has 0 aromatic heterocycles. The summed E-state index contributed by atoms with van der Waals surface area (Å²) in [5.74, 6) is -0.210. The van der Waals surface area contributed by atoms with Crippen molar-refractivity contribution in [2.75, 3.05) is 7.11 Å². The number of nitrogens with two attached hydrogens (primary N) is 1. The zero-order valence-corrected chi connectivity index (χ0v) is 11.6. The van der Waals surface area contributed by atoms with E-state index in [1.807, 2.05) is 6.92 Å². The molecule has 0 saturated carbocycles. The molecule has 0 bridgehead atoms. The molecule has 0 fully saturated rings. The second-order valence-corrected chi connectivity index (χ2v) is 4.85. The molecule has 4 nitrogen and oxygen atoms in total. The molecule has 5 heteroatoms. The molecule has 0 aliphatic heterocycles. The molecule has 0 saturated heterocycles. The summed E-state index contributed by atoms with van der Waals surface area (Å²) in [5.41, 5.74) is 5.65. The number of halogens is 1. The molecule has 1 amide bonds. The lowest BCUT2D eigenvalue weighted by molar-refractivity contribution is -0.126. The van der Waals surface area contributed by atoms with Gasteiger partial charge in [0.2, 0.25) is 5.91 Å². The number of carbonyl (C=O) groups is 1. The van der Waals surface area contributed by atoms with Gasteiger partial charge in [-0.25, -0.2) is 4.39 Å².